The van der Waals surface area contributed by atoms with Crippen molar-refractivity contribution in [2.75, 3.05) is 0 Å². The van der Waals surface area contributed by atoms with E-state index in [0.717, 1.165) is 5.88 Å². The van der Waals surface area contributed by atoms with Crippen molar-refractivity contribution in [3.05, 3.63) is 182 Å². The van der Waals surface area contributed by atoms with Gasteiger partial charge in [0, 0.05) is 38.3 Å². The van der Waals surface area contributed by atoms with Crippen LogP contribution in [0.25, 0.3) is 49.3 Å². The zero-order valence-corrected chi connectivity index (χ0v) is 26.1. The number of nitrogens with zero attached hydrogens (tertiary/aromatic N) is 2. The Morgan fingerprint density at radius 2 is 0.739 bits per heavy atom. The molecule has 0 radical (unpaired) electrons. The van der Waals surface area contributed by atoms with Crippen LogP contribution in [0.2, 0.25) is 0 Å². The molecule has 2 nitrogen and oxygen atoms in total. The molecule has 7 aromatic carbocycles. The van der Waals surface area contributed by atoms with Crippen LogP contribution < -0.4 is 0 Å². The van der Waals surface area contributed by atoms with Crippen molar-refractivity contribution < 1.29 is 0 Å². The minimum atomic E-state index is -1.69. The Bertz CT molecular complexity index is 2340. The highest BCUT2D eigenvalue weighted by atomic mass is 32.3. The summed E-state index contributed by atoms with van der Waals surface area (Å²) in [7, 11) is -1.69. The monoisotopic (exact) mass is 608 g/mol. The third-order valence-corrected chi connectivity index (χ3v) is 13.2. The van der Waals surface area contributed by atoms with Crippen LogP contribution in [0.3, 0.4) is 0 Å². The molecule has 0 bridgehead atoms. The molecular formula is C43H32N2S. The second kappa shape index (κ2) is 10.8. The van der Waals surface area contributed by atoms with Gasteiger partial charge in [-0.05, 0) is 87.5 Å². The van der Waals surface area contributed by atoms with E-state index in [2.05, 4.69) is 191 Å². The Kier molecular flexibility index (Phi) is 6.32. The molecule has 0 aliphatic heterocycles. The van der Waals surface area contributed by atoms with E-state index in [9.17, 15) is 0 Å². The quantitative estimate of drug-likeness (QED) is 0.178. The van der Waals surface area contributed by atoms with Crippen LogP contribution in [0.5, 0.6) is 0 Å². The van der Waals surface area contributed by atoms with Crippen molar-refractivity contribution in [2.24, 2.45) is 0 Å². The van der Waals surface area contributed by atoms with E-state index in [1.807, 2.05) is 0 Å². The Hall–Kier alpha value is -5.51. The maximum absolute atomic E-state index is 2.59. The number of hydrogen-bond donors (Lipinski definition) is 0. The first kappa shape index (κ1) is 26.9. The second-order valence-electron chi connectivity index (χ2n) is 11.8. The van der Waals surface area contributed by atoms with E-state index in [1.54, 1.807) is 0 Å². The SMILES string of the molecule is c1ccc(S(Cn2c3ccccc3c3cc(-n4c5ccccc5c5ccccc54)ccc32)(c2ccccc2)c2ccccc2)cc1. The van der Waals surface area contributed by atoms with E-state index in [4.69, 9.17) is 0 Å². The lowest BCUT2D eigenvalue weighted by molar-refractivity contribution is 0.955. The molecule has 2 heterocycles. The van der Waals surface area contributed by atoms with Crippen LogP contribution in [-0.4, -0.2) is 9.13 Å². The molecule has 0 saturated heterocycles. The Labute approximate surface area is 270 Å². The Morgan fingerprint density at radius 1 is 0.348 bits per heavy atom. The van der Waals surface area contributed by atoms with Crippen LogP contribution in [0.4, 0.5) is 0 Å². The number of benzene rings is 7. The van der Waals surface area contributed by atoms with Crippen LogP contribution in [0.1, 0.15) is 0 Å². The van der Waals surface area contributed by atoms with Crippen molar-refractivity contribution in [2.45, 2.75) is 20.6 Å². The number of fused-ring (bicyclic) bond motifs is 6. The third-order valence-electron chi connectivity index (χ3n) is 9.35. The summed E-state index contributed by atoms with van der Waals surface area (Å²) in [4.78, 5) is 4.08. The molecule has 0 amide bonds. The highest BCUT2D eigenvalue weighted by Gasteiger charge is 2.32. The van der Waals surface area contributed by atoms with Gasteiger partial charge in [-0.1, -0.05) is 109 Å². The van der Waals surface area contributed by atoms with Crippen LogP contribution in [0.15, 0.2) is 197 Å². The zero-order chi connectivity index (χ0) is 30.5. The maximum Gasteiger partial charge on any atom is 0.0650 e. The zero-order valence-electron chi connectivity index (χ0n) is 25.3. The molecule has 0 N–H and O–H groups in total. The predicted octanol–water partition coefficient (Wildman–Crippen LogP) is 11.8. The van der Waals surface area contributed by atoms with Gasteiger partial charge in [-0.15, -0.1) is 10.0 Å². The van der Waals surface area contributed by atoms with Crippen molar-refractivity contribution >= 4 is 53.6 Å². The molecule has 220 valence electrons. The minimum absolute atomic E-state index is 0.837. The third kappa shape index (κ3) is 4.06. The van der Waals surface area contributed by atoms with Crippen molar-refractivity contribution in [3.8, 4) is 5.69 Å². The summed E-state index contributed by atoms with van der Waals surface area (Å²) in [5, 5.41) is 5.12. The standard InChI is InChI=1S/C43H32N2S/c1-4-16-33(17-5-1)46(34-18-6-2-7-19-34,35-20-8-3-9-21-35)31-44-40-25-13-10-24-38(40)39-30-32(28-29-41(39)44)45-42-26-14-11-22-36(42)37-23-12-15-27-43(37)45/h1-30H,31H2. The van der Waals surface area contributed by atoms with Crippen molar-refractivity contribution in [3.63, 3.8) is 0 Å². The number of para-hydroxylation sites is 3. The van der Waals surface area contributed by atoms with Crippen LogP contribution >= 0.6 is 10.0 Å². The average molecular weight is 609 g/mol. The van der Waals surface area contributed by atoms with E-state index in [-0.39, 0.29) is 0 Å². The molecule has 9 rings (SSSR count). The molecule has 0 aliphatic carbocycles. The van der Waals surface area contributed by atoms with Gasteiger partial charge in [-0.25, -0.2) is 0 Å². The molecule has 0 fully saturated rings. The molecule has 3 heteroatoms. The summed E-state index contributed by atoms with van der Waals surface area (Å²) in [5.74, 6) is 0.837. The first-order chi connectivity index (χ1) is 22.8. The summed E-state index contributed by atoms with van der Waals surface area (Å²) < 4.78 is 5.01. The van der Waals surface area contributed by atoms with Gasteiger partial charge in [-0.2, -0.15) is 0 Å². The average Bonchev–Trinajstić information content (AvgIpc) is 3.64. The number of rotatable bonds is 6. The lowest BCUT2D eigenvalue weighted by atomic mass is 10.1. The van der Waals surface area contributed by atoms with E-state index in [0.29, 0.717) is 0 Å². The number of aromatic nitrogens is 2. The van der Waals surface area contributed by atoms with E-state index < -0.39 is 10.0 Å². The Morgan fingerprint density at radius 3 is 1.24 bits per heavy atom. The molecule has 46 heavy (non-hydrogen) atoms. The molecule has 0 spiro atoms. The first-order valence-electron chi connectivity index (χ1n) is 15.8. The molecule has 9 aromatic rings. The Balaban J connectivity index is 1.32. The van der Waals surface area contributed by atoms with E-state index >= 15 is 0 Å². The normalized spacial score (nSPS) is 12.3. The molecular weight excluding hydrogens is 577 g/mol. The minimum Gasteiger partial charge on any atom is -0.331 e. The topological polar surface area (TPSA) is 9.86 Å². The summed E-state index contributed by atoms with van der Waals surface area (Å²) in [6.07, 6.45) is 0. The van der Waals surface area contributed by atoms with Gasteiger partial charge in [0.1, 0.15) is 0 Å². The van der Waals surface area contributed by atoms with E-state index in [1.165, 1.54) is 64.0 Å². The maximum atomic E-state index is 2.59. The summed E-state index contributed by atoms with van der Waals surface area (Å²) in [5.41, 5.74) is 6.16. The van der Waals surface area contributed by atoms with Gasteiger partial charge in [-0.3, -0.25) is 0 Å². The van der Waals surface area contributed by atoms with Gasteiger partial charge in [0.25, 0.3) is 0 Å². The molecule has 0 unspecified atom stereocenters. The lowest BCUT2D eigenvalue weighted by Gasteiger charge is -2.42. The molecule has 0 atom stereocenters. The lowest BCUT2D eigenvalue weighted by Crippen LogP contribution is -2.12. The fourth-order valence-corrected chi connectivity index (χ4v) is 11.1. The van der Waals surface area contributed by atoms with Crippen molar-refractivity contribution in [1.82, 2.24) is 9.13 Å². The first-order valence-corrected chi connectivity index (χ1v) is 17.6. The van der Waals surface area contributed by atoms with Gasteiger partial charge < -0.3 is 9.13 Å². The van der Waals surface area contributed by atoms with Crippen molar-refractivity contribution in [1.29, 1.82) is 0 Å². The fraction of sp³-hybridized carbons (Fsp3) is 0.0233. The van der Waals surface area contributed by atoms with Gasteiger partial charge in [0.15, 0.2) is 0 Å². The highest BCUT2D eigenvalue weighted by molar-refractivity contribution is 8.33. The second-order valence-corrected chi connectivity index (χ2v) is 15.0. The summed E-state index contributed by atoms with van der Waals surface area (Å²) >= 11 is 0. The van der Waals surface area contributed by atoms with Gasteiger partial charge >= 0.3 is 0 Å². The summed E-state index contributed by atoms with van der Waals surface area (Å²) in [6, 6.07) is 66.9. The van der Waals surface area contributed by atoms with Gasteiger partial charge in [0.05, 0.1) is 16.9 Å². The van der Waals surface area contributed by atoms with Crippen LogP contribution in [0, 0.1) is 0 Å². The predicted molar refractivity (Wildman–Crippen MR) is 195 cm³/mol. The molecule has 2 aromatic heterocycles. The molecule has 0 aliphatic rings. The number of hydrogen-bond acceptors (Lipinski definition) is 0. The highest BCUT2D eigenvalue weighted by Crippen LogP contribution is 2.69. The van der Waals surface area contributed by atoms with Crippen LogP contribution in [-0.2, 0) is 5.88 Å². The molecule has 0 saturated carbocycles. The smallest absolute Gasteiger partial charge is 0.0650 e. The fourth-order valence-electron chi connectivity index (χ4n) is 7.30. The largest absolute Gasteiger partial charge is 0.331 e. The van der Waals surface area contributed by atoms with Gasteiger partial charge in [0.2, 0.25) is 0 Å². The summed E-state index contributed by atoms with van der Waals surface area (Å²) in [6.45, 7) is 0.